The minimum atomic E-state index is -3.13. The molecule has 142 valence electrons. The molecule has 0 spiro atoms. The van der Waals surface area contributed by atoms with E-state index >= 15 is 0 Å². The monoisotopic (exact) mass is 381 g/mol. The summed E-state index contributed by atoms with van der Waals surface area (Å²) < 4.78 is 28.6. The molecule has 1 N–H and O–H groups in total. The Morgan fingerprint density at radius 1 is 1.46 bits per heavy atom. The third kappa shape index (κ3) is 4.51. The summed E-state index contributed by atoms with van der Waals surface area (Å²) in [4.78, 5) is 24.5. The van der Waals surface area contributed by atoms with E-state index in [1.165, 1.54) is 5.01 Å². The Bertz CT molecular complexity index is 800. The van der Waals surface area contributed by atoms with Gasteiger partial charge in [0.05, 0.1) is 23.8 Å². The zero-order valence-corrected chi connectivity index (χ0v) is 15.5. The Morgan fingerprint density at radius 3 is 2.92 bits per heavy atom. The van der Waals surface area contributed by atoms with E-state index in [1.807, 2.05) is 19.1 Å². The molecule has 0 aromatic carbocycles. The molecular weight excluding hydrogens is 358 g/mol. The lowest BCUT2D eigenvalue weighted by molar-refractivity contribution is -0.133. The number of hydrogen-bond donors (Lipinski definition) is 1. The highest BCUT2D eigenvalue weighted by atomic mass is 32.2. The van der Waals surface area contributed by atoms with E-state index in [1.54, 1.807) is 6.26 Å². The highest BCUT2D eigenvalue weighted by molar-refractivity contribution is 7.91. The predicted molar refractivity (Wildman–Crippen MR) is 95.2 cm³/mol. The summed E-state index contributed by atoms with van der Waals surface area (Å²) in [5.74, 6) is 0.295. The second-order valence-electron chi connectivity index (χ2n) is 6.83. The van der Waals surface area contributed by atoms with Gasteiger partial charge in [-0.25, -0.2) is 13.4 Å². The maximum Gasteiger partial charge on any atom is 0.267 e. The number of carbonyl (C=O) groups excluding carboxylic acids is 2. The summed E-state index contributed by atoms with van der Waals surface area (Å²) >= 11 is 0. The van der Waals surface area contributed by atoms with Gasteiger partial charge in [0.2, 0.25) is 5.91 Å². The molecule has 26 heavy (non-hydrogen) atoms. The van der Waals surface area contributed by atoms with E-state index in [0.29, 0.717) is 12.8 Å². The minimum absolute atomic E-state index is 0.0578. The molecule has 3 heterocycles. The van der Waals surface area contributed by atoms with Crippen molar-refractivity contribution in [2.45, 2.75) is 51.1 Å². The number of sulfone groups is 1. The van der Waals surface area contributed by atoms with E-state index < -0.39 is 15.9 Å². The minimum Gasteiger partial charge on any atom is -0.469 e. The Morgan fingerprint density at radius 2 is 2.27 bits per heavy atom. The highest BCUT2D eigenvalue weighted by Crippen LogP contribution is 2.22. The molecular formula is C17H23N3O5S. The van der Waals surface area contributed by atoms with E-state index in [2.05, 4.69) is 10.4 Å². The summed E-state index contributed by atoms with van der Waals surface area (Å²) in [5, 5.41) is 8.27. The van der Waals surface area contributed by atoms with Gasteiger partial charge in [0.25, 0.3) is 5.91 Å². The van der Waals surface area contributed by atoms with Crippen LogP contribution in [0.3, 0.4) is 0 Å². The van der Waals surface area contributed by atoms with Gasteiger partial charge < -0.3 is 9.73 Å². The maximum absolute atomic E-state index is 12.4. The summed E-state index contributed by atoms with van der Waals surface area (Å²) in [6, 6.07) is 3.17. The molecule has 1 aromatic heterocycles. The number of rotatable bonds is 6. The van der Waals surface area contributed by atoms with Crippen LogP contribution in [0.15, 0.2) is 27.9 Å². The number of aryl methyl sites for hydroxylation is 1. The van der Waals surface area contributed by atoms with Crippen LogP contribution >= 0.6 is 0 Å². The first-order chi connectivity index (χ1) is 12.3. The number of nitrogens with zero attached hydrogens (tertiary/aromatic N) is 2. The molecule has 1 saturated heterocycles. The number of hydrogen-bond acceptors (Lipinski definition) is 6. The van der Waals surface area contributed by atoms with Crippen LogP contribution in [0.1, 0.15) is 38.4 Å². The van der Waals surface area contributed by atoms with Crippen molar-refractivity contribution in [3.8, 4) is 0 Å². The first kappa shape index (κ1) is 18.6. The van der Waals surface area contributed by atoms with Gasteiger partial charge in [-0.1, -0.05) is 0 Å². The van der Waals surface area contributed by atoms with Crippen molar-refractivity contribution in [1.29, 1.82) is 0 Å². The summed E-state index contributed by atoms with van der Waals surface area (Å²) in [7, 11) is -3.13. The van der Waals surface area contributed by atoms with Crippen molar-refractivity contribution in [2.24, 2.45) is 5.10 Å². The molecule has 0 unspecified atom stereocenters. The Labute approximate surface area is 152 Å². The Hall–Kier alpha value is -2.16. The van der Waals surface area contributed by atoms with Crippen molar-refractivity contribution in [2.75, 3.05) is 11.5 Å². The molecule has 2 atom stereocenters. The van der Waals surface area contributed by atoms with Crippen LogP contribution in [-0.4, -0.2) is 54.5 Å². The summed E-state index contributed by atoms with van der Waals surface area (Å²) in [5.41, 5.74) is 0.277. The normalized spacial score (nSPS) is 23.6. The zero-order chi connectivity index (χ0) is 18.7. The molecule has 2 aliphatic rings. The molecule has 0 aliphatic carbocycles. The number of furan rings is 1. The molecule has 0 saturated carbocycles. The Kier molecular flexibility index (Phi) is 5.45. The van der Waals surface area contributed by atoms with Crippen molar-refractivity contribution in [3.63, 3.8) is 0 Å². The Balaban J connectivity index is 1.59. The van der Waals surface area contributed by atoms with E-state index in [0.717, 1.165) is 12.2 Å². The smallest absolute Gasteiger partial charge is 0.267 e. The molecule has 8 nitrogen and oxygen atoms in total. The molecule has 1 aromatic rings. The van der Waals surface area contributed by atoms with E-state index in [-0.39, 0.29) is 47.9 Å². The van der Waals surface area contributed by atoms with Crippen molar-refractivity contribution in [1.82, 2.24) is 10.3 Å². The molecule has 0 radical (unpaired) electrons. The van der Waals surface area contributed by atoms with Gasteiger partial charge in [-0.2, -0.15) is 5.10 Å². The SMILES string of the molecule is C[C@H](CCc1ccco1)NC(=O)C1=NN([C@@H]2CCS(=O)(=O)C2)C(=O)CC1. The van der Waals surface area contributed by atoms with Crippen LogP contribution in [-0.2, 0) is 25.8 Å². The van der Waals surface area contributed by atoms with Gasteiger partial charge >= 0.3 is 0 Å². The quantitative estimate of drug-likeness (QED) is 0.787. The van der Waals surface area contributed by atoms with Crippen LogP contribution in [0.25, 0.3) is 0 Å². The first-order valence-electron chi connectivity index (χ1n) is 8.77. The zero-order valence-electron chi connectivity index (χ0n) is 14.7. The van der Waals surface area contributed by atoms with Gasteiger partial charge in [-0.05, 0) is 31.9 Å². The molecule has 2 aliphatic heterocycles. The van der Waals surface area contributed by atoms with Crippen LogP contribution in [0.5, 0.6) is 0 Å². The first-order valence-corrected chi connectivity index (χ1v) is 10.6. The number of carbonyl (C=O) groups is 2. The highest BCUT2D eigenvalue weighted by Gasteiger charge is 2.37. The standard InChI is InChI=1S/C17H23N3O5S/c1-12(4-5-14-3-2-9-25-14)18-17(22)15-6-7-16(21)20(19-15)13-8-10-26(23,24)11-13/h2-3,9,12-13H,4-8,10-11H2,1H3,(H,18,22)/t12-,13-/m1/s1. The molecule has 9 heteroatoms. The number of nitrogens with one attached hydrogen (secondary N) is 1. The fraction of sp³-hybridized carbons (Fsp3) is 0.588. The third-order valence-electron chi connectivity index (χ3n) is 4.66. The van der Waals surface area contributed by atoms with Gasteiger partial charge in [0.1, 0.15) is 11.5 Å². The summed E-state index contributed by atoms with van der Waals surface area (Å²) in [6.07, 6.45) is 3.85. The van der Waals surface area contributed by atoms with E-state index in [4.69, 9.17) is 4.42 Å². The van der Waals surface area contributed by atoms with Gasteiger partial charge in [0, 0.05) is 25.3 Å². The fourth-order valence-corrected chi connectivity index (χ4v) is 4.87. The second kappa shape index (κ2) is 7.61. The largest absolute Gasteiger partial charge is 0.469 e. The van der Waals surface area contributed by atoms with E-state index in [9.17, 15) is 18.0 Å². The van der Waals surface area contributed by atoms with Crippen LogP contribution in [0, 0.1) is 0 Å². The van der Waals surface area contributed by atoms with Crippen molar-refractivity contribution < 1.29 is 22.4 Å². The third-order valence-corrected chi connectivity index (χ3v) is 6.41. The van der Waals surface area contributed by atoms with Gasteiger partial charge in [-0.3, -0.25) is 9.59 Å². The topological polar surface area (TPSA) is 109 Å². The average Bonchev–Trinajstić information content (AvgIpc) is 3.22. The molecule has 1 fully saturated rings. The lowest BCUT2D eigenvalue weighted by atomic mass is 10.1. The molecule has 0 bridgehead atoms. The lowest BCUT2D eigenvalue weighted by Crippen LogP contribution is -2.45. The van der Waals surface area contributed by atoms with Crippen LogP contribution in [0.4, 0.5) is 0 Å². The molecule has 2 amide bonds. The average molecular weight is 381 g/mol. The van der Waals surface area contributed by atoms with Gasteiger partial charge in [0.15, 0.2) is 9.84 Å². The second-order valence-corrected chi connectivity index (χ2v) is 9.06. The maximum atomic E-state index is 12.4. The number of hydrazone groups is 1. The number of amides is 2. The summed E-state index contributed by atoms with van der Waals surface area (Å²) in [6.45, 7) is 1.90. The van der Waals surface area contributed by atoms with Crippen LogP contribution in [0.2, 0.25) is 0 Å². The molecule has 3 rings (SSSR count). The van der Waals surface area contributed by atoms with Crippen molar-refractivity contribution in [3.05, 3.63) is 24.2 Å². The van der Waals surface area contributed by atoms with Crippen LogP contribution < -0.4 is 5.32 Å². The van der Waals surface area contributed by atoms with Gasteiger partial charge in [-0.15, -0.1) is 0 Å². The fourth-order valence-electron chi connectivity index (χ4n) is 3.18. The predicted octanol–water partition coefficient (Wildman–Crippen LogP) is 0.882. The lowest BCUT2D eigenvalue weighted by Gasteiger charge is -2.28. The van der Waals surface area contributed by atoms with Crippen molar-refractivity contribution >= 4 is 27.4 Å².